The van der Waals surface area contributed by atoms with Gasteiger partial charge in [0.15, 0.2) is 0 Å². The van der Waals surface area contributed by atoms with Crippen LogP contribution in [0.2, 0.25) is 0 Å². The first kappa shape index (κ1) is 16.1. The summed E-state index contributed by atoms with van der Waals surface area (Å²) in [5.74, 6) is -1.33. The lowest BCUT2D eigenvalue weighted by Gasteiger charge is -2.12. The Labute approximate surface area is 147 Å². The monoisotopic (exact) mass is 384 g/mol. The van der Waals surface area contributed by atoms with Crippen LogP contribution < -0.4 is 5.01 Å². The molecule has 0 bridgehead atoms. The molecule has 24 heavy (non-hydrogen) atoms. The molecule has 3 rings (SSSR count). The van der Waals surface area contributed by atoms with Crippen molar-refractivity contribution in [2.75, 3.05) is 5.01 Å². The molecule has 0 fully saturated rings. The van der Waals surface area contributed by atoms with Crippen molar-refractivity contribution < 1.29 is 14.7 Å². The molecule has 0 saturated carbocycles. The third-order valence-electron chi connectivity index (χ3n) is 3.56. The van der Waals surface area contributed by atoms with Crippen molar-refractivity contribution >= 4 is 45.3 Å². The molecule has 120 valence electrons. The lowest BCUT2D eigenvalue weighted by molar-refractivity contribution is -0.114. The van der Waals surface area contributed by atoms with E-state index in [1.54, 1.807) is 25.1 Å². The van der Waals surface area contributed by atoms with Crippen LogP contribution in [0.4, 0.5) is 5.69 Å². The fraction of sp³-hybridized carbons (Fsp3) is 0.0556. The van der Waals surface area contributed by atoms with Crippen LogP contribution in [0.3, 0.4) is 0 Å². The molecule has 1 heterocycles. The van der Waals surface area contributed by atoms with Crippen LogP contribution in [0.1, 0.15) is 22.8 Å². The van der Waals surface area contributed by atoms with Gasteiger partial charge < -0.3 is 5.11 Å². The molecule has 5 nitrogen and oxygen atoms in total. The number of carboxylic acid groups (broad SMARTS) is 1. The summed E-state index contributed by atoms with van der Waals surface area (Å²) in [5.41, 5.74) is 2.48. The average Bonchev–Trinajstić information content (AvgIpc) is 2.83. The van der Waals surface area contributed by atoms with E-state index in [0.29, 0.717) is 17.0 Å². The summed E-state index contributed by atoms with van der Waals surface area (Å²) in [6.07, 6.45) is 1.77. The Hall–Kier alpha value is -2.73. The van der Waals surface area contributed by atoms with Crippen molar-refractivity contribution in [3.05, 3.63) is 69.7 Å². The number of hydrazone groups is 1. The molecular weight excluding hydrogens is 372 g/mol. The summed E-state index contributed by atoms with van der Waals surface area (Å²) in [5, 5.41) is 14.6. The summed E-state index contributed by atoms with van der Waals surface area (Å²) in [6, 6.07) is 13.7. The molecule has 1 aliphatic rings. The predicted octanol–water partition coefficient (Wildman–Crippen LogP) is 3.95. The molecule has 1 amide bonds. The van der Waals surface area contributed by atoms with Crippen LogP contribution in [0.25, 0.3) is 6.08 Å². The van der Waals surface area contributed by atoms with E-state index in [4.69, 9.17) is 5.11 Å². The van der Waals surface area contributed by atoms with Crippen LogP contribution >= 0.6 is 15.9 Å². The second-order valence-corrected chi connectivity index (χ2v) is 6.19. The highest BCUT2D eigenvalue weighted by molar-refractivity contribution is 9.10. The minimum absolute atomic E-state index is 0.109. The highest BCUT2D eigenvalue weighted by Crippen LogP contribution is 2.26. The number of hydrogen-bond acceptors (Lipinski definition) is 3. The lowest BCUT2D eigenvalue weighted by atomic mass is 10.1. The minimum Gasteiger partial charge on any atom is -0.478 e. The number of carbonyl (C=O) groups excluding carboxylic acids is 1. The Balaban J connectivity index is 1.96. The van der Waals surface area contributed by atoms with Crippen molar-refractivity contribution in [3.8, 4) is 0 Å². The highest BCUT2D eigenvalue weighted by atomic mass is 79.9. The van der Waals surface area contributed by atoms with Gasteiger partial charge in [-0.05, 0) is 48.9 Å². The number of rotatable bonds is 3. The van der Waals surface area contributed by atoms with Gasteiger partial charge in [-0.25, -0.2) is 4.79 Å². The van der Waals surface area contributed by atoms with Gasteiger partial charge in [-0.15, -0.1) is 0 Å². The maximum Gasteiger partial charge on any atom is 0.335 e. The molecule has 1 aliphatic heterocycles. The molecule has 0 unspecified atom stereocenters. The summed E-state index contributed by atoms with van der Waals surface area (Å²) < 4.78 is 0.919. The minimum atomic E-state index is -1.05. The molecular formula is C18H13BrN2O3. The van der Waals surface area contributed by atoms with E-state index in [9.17, 15) is 9.59 Å². The smallest absolute Gasteiger partial charge is 0.335 e. The van der Waals surface area contributed by atoms with Crippen molar-refractivity contribution in [2.45, 2.75) is 6.92 Å². The first-order valence-corrected chi connectivity index (χ1v) is 7.95. The first-order valence-electron chi connectivity index (χ1n) is 7.16. The van der Waals surface area contributed by atoms with E-state index in [0.717, 1.165) is 10.0 Å². The zero-order valence-corrected chi connectivity index (χ0v) is 14.3. The summed E-state index contributed by atoms with van der Waals surface area (Å²) in [7, 11) is 0. The summed E-state index contributed by atoms with van der Waals surface area (Å²) >= 11 is 3.40. The van der Waals surface area contributed by atoms with Crippen LogP contribution in [0, 0.1) is 0 Å². The van der Waals surface area contributed by atoms with E-state index in [2.05, 4.69) is 21.0 Å². The number of anilines is 1. The Bertz CT molecular complexity index is 903. The number of aromatic carboxylic acids is 1. The van der Waals surface area contributed by atoms with E-state index < -0.39 is 5.97 Å². The highest BCUT2D eigenvalue weighted by Gasteiger charge is 2.29. The van der Waals surface area contributed by atoms with Crippen LogP contribution in [0.15, 0.2) is 63.7 Å². The standard InChI is InChI=1S/C18H13BrN2O3/c1-11-16(9-12-4-2-6-14(19)8-12)17(22)21(20-11)15-7-3-5-13(10-15)18(23)24/h2-10H,1H3,(H,23,24)/b16-9+. The molecule has 6 heteroatoms. The maximum atomic E-state index is 12.7. The third kappa shape index (κ3) is 3.14. The number of carbonyl (C=O) groups is 2. The molecule has 2 aromatic carbocycles. The first-order chi connectivity index (χ1) is 11.5. The van der Waals surface area contributed by atoms with Crippen molar-refractivity contribution in [1.29, 1.82) is 0 Å². The second kappa shape index (κ2) is 6.41. The van der Waals surface area contributed by atoms with Gasteiger partial charge in [-0.3, -0.25) is 4.79 Å². The number of nitrogens with zero attached hydrogens (tertiary/aromatic N) is 2. The number of amides is 1. The molecule has 1 N–H and O–H groups in total. The van der Waals surface area contributed by atoms with Crippen LogP contribution in [0.5, 0.6) is 0 Å². The van der Waals surface area contributed by atoms with Gasteiger partial charge >= 0.3 is 5.97 Å². The number of halogens is 1. The fourth-order valence-corrected chi connectivity index (χ4v) is 2.81. The van der Waals surface area contributed by atoms with Crippen LogP contribution in [-0.4, -0.2) is 22.7 Å². The molecule has 0 spiro atoms. The maximum absolute atomic E-state index is 12.7. The summed E-state index contributed by atoms with van der Waals surface area (Å²) in [4.78, 5) is 23.8. The van der Waals surface area contributed by atoms with Gasteiger partial charge in [0.1, 0.15) is 0 Å². The Morgan fingerprint density at radius 2 is 1.96 bits per heavy atom. The quantitative estimate of drug-likeness (QED) is 0.814. The topological polar surface area (TPSA) is 70.0 Å². The lowest BCUT2D eigenvalue weighted by Crippen LogP contribution is -2.21. The third-order valence-corrected chi connectivity index (χ3v) is 4.05. The number of carboxylic acids is 1. The fourth-order valence-electron chi connectivity index (χ4n) is 2.39. The van der Waals surface area contributed by atoms with Gasteiger partial charge in [0, 0.05) is 4.47 Å². The zero-order chi connectivity index (χ0) is 17.3. The van der Waals surface area contributed by atoms with Gasteiger partial charge in [-0.2, -0.15) is 10.1 Å². The van der Waals surface area contributed by atoms with Gasteiger partial charge in [-0.1, -0.05) is 34.1 Å². The molecule has 2 aromatic rings. The number of benzene rings is 2. The molecule has 0 radical (unpaired) electrons. The molecule has 0 atom stereocenters. The average molecular weight is 385 g/mol. The zero-order valence-electron chi connectivity index (χ0n) is 12.7. The molecule has 0 aliphatic carbocycles. The van der Waals surface area contributed by atoms with Gasteiger partial charge in [0.2, 0.25) is 0 Å². The SMILES string of the molecule is CC1=NN(c2cccc(C(=O)O)c2)C(=O)/C1=C/c1cccc(Br)c1. The Morgan fingerprint density at radius 1 is 1.21 bits per heavy atom. The second-order valence-electron chi connectivity index (χ2n) is 5.27. The van der Waals surface area contributed by atoms with E-state index in [1.165, 1.54) is 17.1 Å². The summed E-state index contributed by atoms with van der Waals surface area (Å²) in [6.45, 7) is 1.75. The predicted molar refractivity (Wildman–Crippen MR) is 96.1 cm³/mol. The normalized spacial score (nSPS) is 15.8. The van der Waals surface area contributed by atoms with E-state index in [1.807, 2.05) is 24.3 Å². The van der Waals surface area contributed by atoms with Gasteiger partial charge in [0.05, 0.1) is 22.5 Å². The molecule has 0 aromatic heterocycles. The van der Waals surface area contributed by atoms with Crippen LogP contribution in [-0.2, 0) is 4.79 Å². The van der Waals surface area contributed by atoms with Crippen molar-refractivity contribution in [3.63, 3.8) is 0 Å². The Morgan fingerprint density at radius 3 is 2.67 bits per heavy atom. The van der Waals surface area contributed by atoms with Gasteiger partial charge in [0.25, 0.3) is 5.91 Å². The van der Waals surface area contributed by atoms with Crippen molar-refractivity contribution in [1.82, 2.24) is 0 Å². The van der Waals surface area contributed by atoms with E-state index >= 15 is 0 Å². The number of hydrogen-bond donors (Lipinski definition) is 1. The Kier molecular flexibility index (Phi) is 4.31. The van der Waals surface area contributed by atoms with Crippen molar-refractivity contribution in [2.24, 2.45) is 5.10 Å². The molecule has 0 saturated heterocycles. The largest absolute Gasteiger partial charge is 0.478 e. The van der Waals surface area contributed by atoms with E-state index in [-0.39, 0.29) is 11.5 Å².